The van der Waals surface area contributed by atoms with Crippen molar-refractivity contribution in [1.29, 1.82) is 0 Å². The van der Waals surface area contributed by atoms with Crippen LogP contribution in [-0.4, -0.2) is 29.3 Å². The van der Waals surface area contributed by atoms with Crippen LogP contribution in [0.25, 0.3) is 0 Å². The number of hydrogen-bond acceptors (Lipinski definition) is 3. The van der Waals surface area contributed by atoms with Gasteiger partial charge in [0, 0.05) is 12.1 Å². The average molecular weight is 341 g/mol. The van der Waals surface area contributed by atoms with Crippen LogP contribution in [0.3, 0.4) is 0 Å². The lowest BCUT2D eigenvalue weighted by atomic mass is 10.1. The summed E-state index contributed by atoms with van der Waals surface area (Å²) in [7, 11) is 0. The van der Waals surface area contributed by atoms with E-state index < -0.39 is 6.03 Å². The number of nitrogens with one attached hydrogen (secondary N) is 2. The van der Waals surface area contributed by atoms with Crippen molar-refractivity contribution >= 4 is 17.8 Å². The lowest BCUT2D eigenvalue weighted by molar-refractivity contribution is -0.125. The Morgan fingerprint density at radius 2 is 1.68 bits per heavy atom. The summed E-state index contributed by atoms with van der Waals surface area (Å²) in [4.78, 5) is 36.3. The fraction of sp³-hybridized carbons (Fsp3) is 0.167. The third-order valence-corrected chi connectivity index (χ3v) is 3.86. The van der Waals surface area contributed by atoms with Crippen LogP contribution in [0.1, 0.15) is 21.5 Å². The van der Waals surface area contributed by atoms with Crippen molar-refractivity contribution < 1.29 is 18.8 Å². The fourth-order valence-corrected chi connectivity index (χ4v) is 2.45. The molecule has 1 aliphatic rings. The van der Waals surface area contributed by atoms with Gasteiger partial charge >= 0.3 is 6.03 Å². The van der Waals surface area contributed by atoms with Crippen molar-refractivity contribution in [3.8, 4) is 0 Å². The minimum absolute atomic E-state index is 0.0166. The molecule has 3 rings (SSSR count). The van der Waals surface area contributed by atoms with Crippen molar-refractivity contribution in [1.82, 2.24) is 15.5 Å². The minimum atomic E-state index is -0.411. The van der Waals surface area contributed by atoms with E-state index >= 15 is 0 Å². The average Bonchev–Trinajstić information content (AvgIpc) is 2.93. The molecule has 0 unspecified atom stereocenters. The van der Waals surface area contributed by atoms with Crippen LogP contribution in [0.15, 0.2) is 48.5 Å². The topological polar surface area (TPSA) is 78.5 Å². The molecule has 25 heavy (non-hydrogen) atoms. The Hall–Kier alpha value is -3.22. The highest BCUT2D eigenvalue weighted by atomic mass is 19.1. The zero-order valence-electron chi connectivity index (χ0n) is 13.3. The third kappa shape index (κ3) is 4.00. The van der Waals surface area contributed by atoms with E-state index in [4.69, 9.17) is 0 Å². The number of hydrogen-bond donors (Lipinski definition) is 2. The molecule has 0 radical (unpaired) electrons. The zero-order valence-corrected chi connectivity index (χ0v) is 13.3. The van der Waals surface area contributed by atoms with Gasteiger partial charge in [-0.05, 0) is 35.4 Å². The molecule has 0 bridgehead atoms. The molecule has 4 amide bonds. The van der Waals surface area contributed by atoms with Crippen molar-refractivity contribution in [2.45, 2.75) is 13.1 Å². The smallest absolute Gasteiger partial charge is 0.324 e. The summed E-state index contributed by atoms with van der Waals surface area (Å²) in [5.74, 6) is -0.854. The highest BCUT2D eigenvalue weighted by Gasteiger charge is 2.28. The highest BCUT2D eigenvalue weighted by Crippen LogP contribution is 2.11. The van der Waals surface area contributed by atoms with Crippen LogP contribution < -0.4 is 10.6 Å². The first kappa shape index (κ1) is 16.6. The minimum Gasteiger partial charge on any atom is -0.348 e. The molecule has 128 valence electrons. The first-order chi connectivity index (χ1) is 12.0. The molecule has 1 aliphatic heterocycles. The van der Waals surface area contributed by atoms with Gasteiger partial charge in [0.25, 0.3) is 5.91 Å². The molecule has 1 saturated heterocycles. The van der Waals surface area contributed by atoms with E-state index in [1.54, 1.807) is 36.4 Å². The van der Waals surface area contributed by atoms with Gasteiger partial charge in [0.05, 0.1) is 13.1 Å². The predicted octanol–water partition coefficient (Wildman–Crippen LogP) is 1.81. The molecular formula is C18H16FN3O3. The first-order valence-electron chi connectivity index (χ1n) is 7.73. The third-order valence-electron chi connectivity index (χ3n) is 3.86. The molecule has 1 heterocycles. The molecule has 1 fully saturated rings. The van der Waals surface area contributed by atoms with Gasteiger partial charge in [-0.15, -0.1) is 0 Å². The monoisotopic (exact) mass is 341 g/mol. The number of urea groups is 1. The Labute approximate surface area is 143 Å². The Balaban J connectivity index is 1.57. The van der Waals surface area contributed by atoms with Gasteiger partial charge in [-0.3, -0.25) is 14.5 Å². The number of amides is 4. The number of carbonyl (C=O) groups excluding carboxylic acids is 3. The van der Waals surface area contributed by atoms with Crippen molar-refractivity contribution in [3.63, 3.8) is 0 Å². The Bertz CT molecular complexity index is 787. The maximum absolute atomic E-state index is 12.8. The molecule has 2 aromatic carbocycles. The van der Waals surface area contributed by atoms with Crippen LogP contribution in [0.2, 0.25) is 0 Å². The van der Waals surface area contributed by atoms with E-state index in [9.17, 15) is 18.8 Å². The van der Waals surface area contributed by atoms with E-state index in [0.29, 0.717) is 12.1 Å². The summed E-state index contributed by atoms with van der Waals surface area (Å²) >= 11 is 0. The van der Waals surface area contributed by atoms with Crippen LogP contribution in [-0.2, 0) is 17.9 Å². The van der Waals surface area contributed by atoms with Crippen LogP contribution in [0.4, 0.5) is 9.18 Å². The van der Waals surface area contributed by atoms with Gasteiger partial charge in [0.1, 0.15) is 5.82 Å². The van der Waals surface area contributed by atoms with E-state index in [2.05, 4.69) is 10.6 Å². The van der Waals surface area contributed by atoms with Gasteiger partial charge in [-0.2, -0.15) is 0 Å². The predicted molar refractivity (Wildman–Crippen MR) is 88.0 cm³/mol. The first-order valence-corrected chi connectivity index (χ1v) is 7.73. The van der Waals surface area contributed by atoms with Crippen molar-refractivity contribution in [2.24, 2.45) is 0 Å². The van der Waals surface area contributed by atoms with Gasteiger partial charge in [-0.1, -0.05) is 24.3 Å². The summed E-state index contributed by atoms with van der Waals surface area (Å²) in [5, 5.41) is 5.21. The Morgan fingerprint density at radius 1 is 1.04 bits per heavy atom. The molecule has 0 spiro atoms. The van der Waals surface area contributed by atoms with E-state index in [0.717, 1.165) is 16.0 Å². The second-order valence-electron chi connectivity index (χ2n) is 5.64. The van der Waals surface area contributed by atoms with Crippen LogP contribution in [0.5, 0.6) is 0 Å². The Morgan fingerprint density at radius 3 is 2.28 bits per heavy atom. The second-order valence-corrected chi connectivity index (χ2v) is 5.64. The standard InChI is InChI=1S/C18H16FN3O3/c19-15-7-3-12(4-8-15)9-20-17(24)14-5-1-13(2-6-14)11-22-16(23)10-21-18(22)25/h1-8H,9-11H2,(H,20,24)(H,21,25). The molecule has 7 heteroatoms. The highest BCUT2D eigenvalue weighted by molar-refractivity contribution is 6.01. The largest absolute Gasteiger partial charge is 0.348 e. The maximum Gasteiger partial charge on any atom is 0.324 e. The molecule has 0 saturated carbocycles. The van der Waals surface area contributed by atoms with E-state index in [-0.39, 0.29) is 30.7 Å². The van der Waals surface area contributed by atoms with Crippen LogP contribution >= 0.6 is 0 Å². The number of rotatable bonds is 5. The van der Waals surface area contributed by atoms with E-state index in [1.165, 1.54) is 12.1 Å². The number of halogens is 1. The quantitative estimate of drug-likeness (QED) is 0.814. The Kier molecular flexibility index (Phi) is 4.74. The lowest BCUT2D eigenvalue weighted by Crippen LogP contribution is -2.30. The van der Waals surface area contributed by atoms with Gasteiger partial charge in [-0.25, -0.2) is 9.18 Å². The fourth-order valence-electron chi connectivity index (χ4n) is 2.45. The molecule has 0 aliphatic carbocycles. The van der Waals surface area contributed by atoms with Gasteiger partial charge in [0.15, 0.2) is 0 Å². The van der Waals surface area contributed by atoms with E-state index in [1.807, 2.05) is 0 Å². The van der Waals surface area contributed by atoms with Gasteiger partial charge < -0.3 is 10.6 Å². The van der Waals surface area contributed by atoms with Gasteiger partial charge in [0.2, 0.25) is 5.91 Å². The number of nitrogens with zero attached hydrogens (tertiary/aromatic N) is 1. The normalized spacial score (nSPS) is 13.7. The molecular weight excluding hydrogens is 325 g/mol. The van der Waals surface area contributed by atoms with Crippen molar-refractivity contribution in [2.75, 3.05) is 6.54 Å². The molecule has 0 aromatic heterocycles. The zero-order chi connectivity index (χ0) is 17.8. The summed E-state index contributed by atoms with van der Waals surface area (Å²) in [6.45, 7) is 0.480. The number of carbonyl (C=O) groups is 3. The second kappa shape index (κ2) is 7.12. The summed E-state index contributed by atoms with van der Waals surface area (Å²) in [6, 6.07) is 12.1. The molecule has 2 aromatic rings. The SMILES string of the molecule is O=C(NCc1ccc(F)cc1)c1ccc(CN2C(=O)CNC2=O)cc1. The summed E-state index contributed by atoms with van der Waals surface area (Å²) in [6.07, 6.45) is 0. The molecule has 2 N–H and O–H groups in total. The molecule has 0 atom stereocenters. The number of benzene rings is 2. The van der Waals surface area contributed by atoms with Crippen molar-refractivity contribution in [3.05, 3.63) is 71.0 Å². The molecule has 6 nitrogen and oxygen atoms in total. The lowest BCUT2D eigenvalue weighted by Gasteiger charge is -2.12. The maximum atomic E-state index is 12.8. The van der Waals surface area contributed by atoms with Crippen LogP contribution in [0, 0.1) is 5.82 Å². The summed E-state index contributed by atoms with van der Waals surface area (Å²) in [5.41, 5.74) is 2.01. The summed E-state index contributed by atoms with van der Waals surface area (Å²) < 4.78 is 12.8. The number of imide groups is 1.